The maximum atomic E-state index is 10.2. The summed E-state index contributed by atoms with van der Waals surface area (Å²) in [5, 5.41) is 10.9. The molecule has 0 aliphatic heterocycles. The predicted octanol–water partition coefficient (Wildman–Crippen LogP) is 0.172. The summed E-state index contributed by atoms with van der Waals surface area (Å²) in [6, 6.07) is 0. The molecule has 0 spiro atoms. The highest BCUT2D eigenvalue weighted by Gasteiger charge is 2.08. The minimum absolute atomic E-state index is 0.235. The fourth-order valence-electron chi connectivity index (χ4n) is 0.188. The van der Waals surface area contributed by atoms with Crippen LogP contribution in [0.4, 0.5) is 0 Å². The Morgan fingerprint density at radius 2 is 2.50 bits per heavy atom. The van der Waals surface area contributed by atoms with Crippen molar-refractivity contribution in [2.75, 3.05) is 6.61 Å². The highest BCUT2D eigenvalue weighted by Crippen LogP contribution is 1.93. The van der Waals surface area contributed by atoms with Gasteiger partial charge < -0.3 is 5.11 Å². The van der Waals surface area contributed by atoms with E-state index in [1.165, 1.54) is 6.92 Å². The number of carbonyl (C=O) groups excluding carboxylic acids is 1. The number of hydrogen-bond acceptors (Lipinski definition) is 3. The van der Waals surface area contributed by atoms with Crippen molar-refractivity contribution in [1.82, 2.24) is 0 Å². The van der Waals surface area contributed by atoms with Gasteiger partial charge in [0.05, 0.1) is 12.5 Å². The number of amides is 1. The van der Waals surface area contributed by atoms with E-state index in [0.717, 1.165) is 0 Å². The lowest BCUT2D eigenvalue weighted by Gasteiger charge is -1.96. The van der Waals surface area contributed by atoms with Gasteiger partial charge in [-0.3, -0.25) is 4.79 Å². The van der Waals surface area contributed by atoms with Crippen molar-refractivity contribution in [2.45, 2.75) is 6.92 Å². The molecular formula is C4H8N2O2. The quantitative estimate of drug-likeness (QED) is 0.505. The van der Waals surface area contributed by atoms with Crippen LogP contribution in [0.5, 0.6) is 0 Å². The second-order valence-electron chi connectivity index (χ2n) is 1.53. The first-order valence-corrected chi connectivity index (χ1v) is 2.24. The monoisotopic (exact) mass is 116 g/mol. The van der Waals surface area contributed by atoms with Crippen molar-refractivity contribution in [3.8, 4) is 0 Å². The number of nitrogens with one attached hydrogen (secondary N) is 1. The Morgan fingerprint density at radius 1 is 2.00 bits per heavy atom. The summed E-state index contributed by atoms with van der Waals surface area (Å²) in [5.74, 6) is -1.10. The molecule has 1 atom stereocenters. The fourth-order valence-corrected chi connectivity index (χ4v) is 0.188. The van der Waals surface area contributed by atoms with Gasteiger partial charge in [0.25, 0.3) is 5.91 Å². The molecule has 0 saturated heterocycles. The Kier molecular flexibility index (Phi) is 2.95. The number of hydrogen-bond donors (Lipinski definition) is 2. The fraction of sp³-hybridized carbons (Fsp3) is 0.750. The lowest BCUT2D eigenvalue weighted by molar-refractivity contribution is -0.122. The molecule has 0 radical (unpaired) electrons. The summed E-state index contributed by atoms with van der Waals surface area (Å²) in [7, 11) is 0. The van der Waals surface area contributed by atoms with E-state index in [0.29, 0.717) is 0 Å². The van der Waals surface area contributed by atoms with Gasteiger partial charge in [0.2, 0.25) is 0 Å². The highest BCUT2D eigenvalue weighted by atomic mass is 16.3. The number of aliphatic hydroxyl groups is 1. The van der Waals surface area contributed by atoms with E-state index in [-0.39, 0.29) is 6.61 Å². The molecule has 0 fully saturated rings. The summed E-state index contributed by atoms with van der Waals surface area (Å²) >= 11 is 0. The molecule has 2 N–H and O–H groups in total. The highest BCUT2D eigenvalue weighted by molar-refractivity contribution is 5.78. The topological polar surface area (TPSA) is 73.5 Å². The molecule has 0 aromatic rings. The molecule has 0 aromatic heterocycles. The van der Waals surface area contributed by atoms with E-state index in [4.69, 9.17) is 10.6 Å². The minimum atomic E-state index is -0.576. The van der Waals surface area contributed by atoms with Crippen LogP contribution >= 0.6 is 0 Å². The molecule has 4 nitrogen and oxygen atoms in total. The van der Waals surface area contributed by atoms with Gasteiger partial charge in [-0.05, 0) is 0 Å². The van der Waals surface area contributed by atoms with Crippen LogP contribution in [0.25, 0.3) is 0 Å². The predicted molar refractivity (Wildman–Crippen MR) is 26.4 cm³/mol. The summed E-state index contributed by atoms with van der Waals surface area (Å²) in [5.41, 5.74) is 6.21. The van der Waals surface area contributed by atoms with Crippen molar-refractivity contribution < 1.29 is 9.90 Å². The van der Waals surface area contributed by atoms with Gasteiger partial charge >= 0.3 is 0 Å². The van der Waals surface area contributed by atoms with Crippen LogP contribution < -0.4 is 0 Å². The first-order chi connectivity index (χ1) is 3.72. The van der Waals surface area contributed by atoms with Crippen LogP contribution in [-0.2, 0) is 4.79 Å². The SMILES string of the molecule is CC(CO)C(=O)N=N. The summed E-state index contributed by atoms with van der Waals surface area (Å²) in [6.07, 6.45) is 0. The molecule has 4 heteroatoms. The third-order valence-electron chi connectivity index (χ3n) is 0.806. The Hall–Kier alpha value is -0.770. The van der Waals surface area contributed by atoms with Crippen LogP contribution in [0.1, 0.15) is 6.92 Å². The van der Waals surface area contributed by atoms with Gasteiger partial charge in [0.15, 0.2) is 0 Å². The molecule has 0 aliphatic carbocycles. The molecular weight excluding hydrogens is 108 g/mol. The van der Waals surface area contributed by atoms with Gasteiger partial charge in [0, 0.05) is 0 Å². The van der Waals surface area contributed by atoms with Gasteiger partial charge in [-0.1, -0.05) is 6.92 Å². The summed E-state index contributed by atoms with van der Waals surface area (Å²) in [4.78, 5) is 10.2. The molecule has 1 amide bonds. The van der Waals surface area contributed by atoms with Gasteiger partial charge in [-0.15, -0.1) is 5.11 Å². The molecule has 0 heterocycles. The van der Waals surface area contributed by atoms with Gasteiger partial charge in [0.1, 0.15) is 0 Å². The summed E-state index contributed by atoms with van der Waals surface area (Å²) in [6.45, 7) is 1.28. The lowest BCUT2D eigenvalue weighted by Crippen LogP contribution is -2.10. The van der Waals surface area contributed by atoms with Crippen LogP contribution in [0.2, 0.25) is 0 Å². The average molecular weight is 116 g/mol. The molecule has 0 rings (SSSR count). The Bertz CT molecular complexity index is 102. The standard InChI is InChI=1S/C4H8N2O2/c1-3(2-7)4(8)6-5/h3,5,7H,2H2,1H3. The zero-order chi connectivity index (χ0) is 6.57. The first kappa shape index (κ1) is 7.23. The molecule has 0 aromatic carbocycles. The van der Waals surface area contributed by atoms with Crippen molar-refractivity contribution in [1.29, 1.82) is 5.53 Å². The minimum Gasteiger partial charge on any atom is -0.396 e. The largest absolute Gasteiger partial charge is 0.396 e. The van der Waals surface area contributed by atoms with Crippen molar-refractivity contribution in [3.63, 3.8) is 0 Å². The van der Waals surface area contributed by atoms with Gasteiger partial charge in [-0.25, -0.2) is 5.53 Å². The van der Waals surface area contributed by atoms with E-state index in [9.17, 15) is 4.79 Å². The van der Waals surface area contributed by atoms with Crippen molar-refractivity contribution in [3.05, 3.63) is 0 Å². The second-order valence-corrected chi connectivity index (χ2v) is 1.53. The van der Waals surface area contributed by atoms with Crippen LogP contribution in [0.15, 0.2) is 5.11 Å². The van der Waals surface area contributed by atoms with Gasteiger partial charge in [-0.2, -0.15) is 0 Å². The third-order valence-corrected chi connectivity index (χ3v) is 0.806. The molecule has 1 unspecified atom stereocenters. The maximum absolute atomic E-state index is 10.2. The number of carbonyl (C=O) groups is 1. The number of nitrogens with zero attached hydrogens (tertiary/aromatic N) is 1. The van der Waals surface area contributed by atoms with E-state index in [2.05, 4.69) is 5.11 Å². The number of rotatable bonds is 2. The molecule has 0 bridgehead atoms. The molecule has 46 valence electrons. The van der Waals surface area contributed by atoms with E-state index in [1.54, 1.807) is 0 Å². The Balaban J connectivity index is 3.62. The summed E-state index contributed by atoms with van der Waals surface area (Å²) < 4.78 is 0. The smallest absolute Gasteiger partial charge is 0.269 e. The van der Waals surface area contributed by atoms with Crippen LogP contribution in [0, 0.1) is 11.4 Å². The zero-order valence-corrected chi connectivity index (χ0v) is 4.59. The Morgan fingerprint density at radius 3 is 2.62 bits per heavy atom. The maximum Gasteiger partial charge on any atom is 0.269 e. The third kappa shape index (κ3) is 1.79. The van der Waals surface area contributed by atoms with Crippen LogP contribution in [0.3, 0.4) is 0 Å². The Labute approximate surface area is 47.0 Å². The number of aliphatic hydroxyl groups excluding tert-OH is 1. The lowest BCUT2D eigenvalue weighted by atomic mass is 10.2. The molecule has 0 aliphatic rings. The average Bonchev–Trinajstić information content (AvgIpc) is 1.84. The van der Waals surface area contributed by atoms with Crippen molar-refractivity contribution >= 4 is 5.91 Å². The second kappa shape index (κ2) is 3.26. The normalized spacial score (nSPS) is 12.8. The molecule has 8 heavy (non-hydrogen) atoms. The van der Waals surface area contributed by atoms with E-state index in [1.807, 2.05) is 0 Å². The zero-order valence-electron chi connectivity index (χ0n) is 4.59. The molecule has 0 saturated carbocycles. The van der Waals surface area contributed by atoms with E-state index >= 15 is 0 Å². The van der Waals surface area contributed by atoms with Crippen LogP contribution in [-0.4, -0.2) is 17.6 Å². The van der Waals surface area contributed by atoms with Crippen molar-refractivity contribution in [2.24, 2.45) is 11.0 Å². The first-order valence-electron chi connectivity index (χ1n) is 2.24. The van der Waals surface area contributed by atoms with E-state index < -0.39 is 11.8 Å².